The fraction of sp³-hybridized carbons (Fsp3) is 0.154. The molecular formula is C26H23N5O2S. The van der Waals surface area contributed by atoms with Crippen molar-refractivity contribution in [2.75, 3.05) is 22.5 Å². The number of para-hydroxylation sites is 1. The number of thioether (sulfide) groups is 1. The zero-order valence-electron chi connectivity index (χ0n) is 18.4. The number of hydrogen-bond donors (Lipinski definition) is 1. The molecule has 0 aliphatic carbocycles. The Morgan fingerprint density at radius 2 is 1.65 bits per heavy atom. The molecule has 0 atom stereocenters. The number of aromatic nitrogens is 3. The third-order valence-corrected chi connectivity index (χ3v) is 6.46. The van der Waals surface area contributed by atoms with E-state index >= 15 is 0 Å². The number of amides is 2. The van der Waals surface area contributed by atoms with Crippen LogP contribution in [0.2, 0.25) is 0 Å². The van der Waals surface area contributed by atoms with Gasteiger partial charge in [-0.1, -0.05) is 66.4 Å². The van der Waals surface area contributed by atoms with Gasteiger partial charge in [-0.15, -0.1) is 10.2 Å². The van der Waals surface area contributed by atoms with Gasteiger partial charge < -0.3 is 10.2 Å². The van der Waals surface area contributed by atoms with Gasteiger partial charge in [0.2, 0.25) is 11.8 Å². The van der Waals surface area contributed by atoms with Crippen molar-refractivity contribution in [3.63, 3.8) is 0 Å². The molecular weight excluding hydrogens is 446 g/mol. The smallest absolute Gasteiger partial charge is 0.234 e. The molecule has 2 heterocycles. The van der Waals surface area contributed by atoms with Crippen LogP contribution in [0, 0.1) is 0 Å². The Labute approximate surface area is 201 Å². The first-order valence-corrected chi connectivity index (χ1v) is 12.1. The zero-order chi connectivity index (χ0) is 23.3. The van der Waals surface area contributed by atoms with E-state index in [1.54, 1.807) is 4.90 Å². The van der Waals surface area contributed by atoms with Crippen molar-refractivity contribution in [3.8, 4) is 17.1 Å². The van der Waals surface area contributed by atoms with Crippen molar-refractivity contribution in [2.45, 2.75) is 18.0 Å². The van der Waals surface area contributed by atoms with E-state index < -0.39 is 0 Å². The highest BCUT2D eigenvalue weighted by molar-refractivity contribution is 7.99. The maximum Gasteiger partial charge on any atom is 0.234 e. The van der Waals surface area contributed by atoms with Crippen LogP contribution in [0.4, 0.5) is 11.4 Å². The first-order chi connectivity index (χ1) is 16.7. The number of anilines is 2. The van der Waals surface area contributed by atoms with Gasteiger partial charge in [0.15, 0.2) is 11.0 Å². The van der Waals surface area contributed by atoms with Gasteiger partial charge in [-0.2, -0.15) is 0 Å². The molecule has 4 aromatic rings. The molecule has 170 valence electrons. The quantitative estimate of drug-likeness (QED) is 0.394. The van der Waals surface area contributed by atoms with E-state index in [4.69, 9.17) is 0 Å². The van der Waals surface area contributed by atoms with Gasteiger partial charge in [0.25, 0.3) is 0 Å². The number of benzene rings is 3. The summed E-state index contributed by atoms with van der Waals surface area (Å²) in [5, 5.41) is 12.4. The maximum atomic E-state index is 12.7. The van der Waals surface area contributed by atoms with E-state index in [2.05, 4.69) is 15.5 Å². The molecule has 2 amide bonds. The fourth-order valence-electron chi connectivity index (χ4n) is 3.95. The normalized spacial score (nSPS) is 13.3. The van der Waals surface area contributed by atoms with Gasteiger partial charge in [0.05, 0.1) is 5.75 Å². The first-order valence-electron chi connectivity index (χ1n) is 11.1. The summed E-state index contributed by atoms with van der Waals surface area (Å²) in [4.78, 5) is 26.5. The molecule has 8 heteroatoms. The number of nitrogens with zero attached hydrogens (tertiary/aromatic N) is 4. The fourth-order valence-corrected chi connectivity index (χ4v) is 4.70. The van der Waals surface area contributed by atoms with E-state index in [1.165, 1.54) is 11.8 Å². The van der Waals surface area contributed by atoms with E-state index in [0.29, 0.717) is 23.8 Å². The van der Waals surface area contributed by atoms with Gasteiger partial charge in [-0.3, -0.25) is 14.2 Å². The van der Waals surface area contributed by atoms with Gasteiger partial charge >= 0.3 is 0 Å². The van der Waals surface area contributed by atoms with E-state index in [1.807, 2.05) is 89.5 Å². The van der Waals surface area contributed by atoms with Crippen LogP contribution in [0.5, 0.6) is 0 Å². The van der Waals surface area contributed by atoms with E-state index in [0.717, 1.165) is 29.2 Å². The Hall–Kier alpha value is -3.91. The largest absolute Gasteiger partial charge is 0.325 e. The lowest BCUT2D eigenvalue weighted by Crippen LogP contribution is -2.23. The van der Waals surface area contributed by atoms with Crippen LogP contribution in [0.25, 0.3) is 17.1 Å². The molecule has 0 unspecified atom stereocenters. The molecule has 1 N–H and O–H groups in total. The van der Waals surface area contributed by atoms with Gasteiger partial charge in [0, 0.05) is 35.6 Å². The third-order valence-electron chi connectivity index (χ3n) is 5.53. The van der Waals surface area contributed by atoms with Crippen LogP contribution in [-0.2, 0) is 9.59 Å². The minimum Gasteiger partial charge on any atom is -0.325 e. The predicted octanol–water partition coefficient (Wildman–Crippen LogP) is 4.79. The Balaban J connectivity index is 1.32. The minimum atomic E-state index is -0.154. The van der Waals surface area contributed by atoms with E-state index in [9.17, 15) is 9.59 Å². The molecule has 1 aromatic heterocycles. The second-order valence-electron chi connectivity index (χ2n) is 7.88. The SMILES string of the molecule is O=C(CSc1nnc(-c2ccccc2)n1-c1ccccc1)Nc1cccc(N2CCCC2=O)c1. The van der Waals surface area contributed by atoms with Crippen molar-refractivity contribution in [3.05, 3.63) is 84.9 Å². The summed E-state index contributed by atoms with van der Waals surface area (Å²) >= 11 is 1.33. The zero-order valence-corrected chi connectivity index (χ0v) is 19.2. The average Bonchev–Trinajstić information content (AvgIpc) is 3.50. The molecule has 1 aliphatic heterocycles. The standard InChI is InChI=1S/C26H23N5O2S/c32-23(27-20-11-7-14-22(17-20)30-16-8-15-24(30)33)18-34-26-29-28-25(19-9-3-1-4-10-19)31(26)21-12-5-2-6-13-21/h1-7,9-14,17H,8,15-16,18H2,(H,27,32). The molecule has 34 heavy (non-hydrogen) atoms. The first kappa shape index (κ1) is 21.9. The number of rotatable bonds is 7. The van der Waals surface area contributed by atoms with Crippen LogP contribution in [0.1, 0.15) is 12.8 Å². The summed E-state index contributed by atoms with van der Waals surface area (Å²) < 4.78 is 1.97. The summed E-state index contributed by atoms with van der Waals surface area (Å²) in [5.74, 6) is 0.858. The molecule has 3 aromatic carbocycles. The minimum absolute atomic E-state index is 0.119. The van der Waals surface area contributed by atoms with Gasteiger partial charge in [-0.05, 0) is 36.8 Å². The van der Waals surface area contributed by atoms with Crippen LogP contribution >= 0.6 is 11.8 Å². The third kappa shape index (κ3) is 4.72. The molecule has 1 aliphatic rings. The number of nitrogens with one attached hydrogen (secondary N) is 1. The molecule has 1 saturated heterocycles. The Kier molecular flexibility index (Phi) is 6.40. The second kappa shape index (κ2) is 9.93. The topological polar surface area (TPSA) is 80.1 Å². The lowest BCUT2D eigenvalue weighted by molar-refractivity contribution is -0.117. The summed E-state index contributed by atoms with van der Waals surface area (Å²) in [7, 11) is 0. The molecule has 0 spiro atoms. The van der Waals surface area contributed by atoms with Crippen molar-refractivity contribution >= 4 is 35.0 Å². The summed E-state index contributed by atoms with van der Waals surface area (Å²) in [5.41, 5.74) is 3.35. The van der Waals surface area contributed by atoms with Gasteiger partial charge in [-0.25, -0.2) is 0 Å². The van der Waals surface area contributed by atoms with Gasteiger partial charge in [0.1, 0.15) is 0 Å². The molecule has 0 radical (unpaired) electrons. The van der Waals surface area contributed by atoms with Crippen molar-refractivity contribution in [1.29, 1.82) is 0 Å². The van der Waals surface area contributed by atoms with Crippen LogP contribution in [0.15, 0.2) is 90.1 Å². The highest BCUT2D eigenvalue weighted by Gasteiger charge is 2.22. The van der Waals surface area contributed by atoms with Crippen LogP contribution < -0.4 is 10.2 Å². The Morgan fingerprint density at radius 3 is 2.38 bits per heavy atom. The van der Waals surface area contributed by atoms with E-state index in [-0.39, 0.29) is 17.6 Å². The molecule has 1 fully saturated rings. The number of carbonyl (C=O) groups excluding carboxylic acids is 2. The summed E-state index contributed by atoms with van der Waals surface area (Å²) in [6, 6.07) is 27.1. The molecule has 7 nitrogen and oxygen atoms in total. The Bertz CT molecular complexity index is 1310. The van der Waals surface area contributed by atoms with Crippen molar-refractivity contribution < 1.29 is 9.59 Å². The average molecular weight is 470 g/mol. The second-order valence-corrected chi connectivity index (χ2v) is 8.82. The Morgan fingerprint density at radius 1 is 0.912 bits per heavy atom. The predicted molar refractivity (Wildman–Crippen MR) is 134 cm³/mol. The number of carbonyl (C=O) groups is 2. The monoisotopic (exact) mass is 469 g/mol. The van der Waals surface area contributed by atoms with Crippen LogP contribution in [0.3, 0.4) is 0 Å². The highest BCUT2D eigenvalue weighted by atomic mass is 32.2. The highest BCUT2D eigenvalue weighted by Crippen LogP contribution is 2.28. The molecule has 5 rings (SSSR count). The molecule has 0 saturated carbocycles. The van der Waals surface area contributed by atoms with Crippen molar-refractivity contribution in [1.82, 2.24) is 14.8 Å². The number of hydrogen-bond acceptors (Lipinski definition) is 5. The molecule has 0 bridgehead atoms. The summed E-state index contributed by atoms with van der Waals surface area (Å²) in [6.07, 6.45) is 1.43. The van der Waals surface area contributed by atoms with Crippen LogP contribution in [-0.4, -0.2) is 38.9 Å². The maximum absolute atomic E-state index is 12.7. The summed E-state index contributed by atoms with van der Waals surface area (Å²) in [6.45, 7) is 0.713. The lowest BCUT2D eigenvalue weighted by atomic mass is 10.2. The lowest BCUT2D eigenvalue weighted by Gasteiger charge is -2.16. The van der Waals surface area contributed by atoms with Crippen molar-refractivity contribution in [2.24, 2.45) is 0 Å².